The van der Waals surface area contributed by atoms with Crippen LogP contribution in [-0.2, 0) is 0 Å². The molecule has 11 heavy (non-hydrogen) atoms. The molecular formula is C7H18ClN3. The van der Waals surface area contributed by atoms with Crippen molar-refractivity contribution in [2.24, 2.45) is 5.84 Å². The number of nitrogens with two attached hydrogens (primary N) is 1. The van der Waals surface area contributed by atoms with Gasteiger partial charge in [-0.15, -0.1) is 12.4 Å². The molecule has 3 N–H and O–H groups in total. The molecule has 1 aliphatic heterocycles. The molecule has 68 valence electrons. The molecule has 1 saturated heterocycles. The van der Waals surface area contributed by atoms with E-state index < -0.39 is 0 Å². The van der Waals surface area contributed by atoms with Crippen LogP contribution in [0, 0.1) is 0 Å². The lowest BCUT2D eigenvalue weighted by Gasteiger charge is -2.13. The highest BCUT2D eigenvalue weighted by Gasteiger charge is 2.12. The van der Waals surface area contributed by atoms with Crippen LogP contribution in [0.1, 0.15) is 19.3 Å². The zero-order valence-corrected chi connectivity index (χ0v) is 7.86. The molecular weight excluding hydrogens is 162 g/mol. The molecule has 0 bridgehead atoms. The summed E-state index contributed by atoms with van der Waals surface area (Å²) in [7, 11) is 2.17. The van der Waals surface area contributed by atoms with Crippen molar-refractivity contribution in [3.8, 4) is 0 Å². The van der Waals surface area contributed by atoms with E-state index in [2.05, 4.69) is 17.4 Å². The maximum Gasteiger partial charge on any atom is 0.0223 e. The molecule has 1 atom stereocenters. The third-order valence-corrected chi connectivity index (χ3v) is 2.19. The normalized spacial score (nSPS) is 27.3. The molecule has 1 unspecified atom stereocenters. The van der Waals surface area contributed by atoms with Crippen molar-refractivity contribution in [1.29, 1.82) is 0 Å². The van der Waals surface area contributed by atoms with E-state index >= 15 is 0 Å². The minimum absolute atomic E-state index is 0. The summed E-state index contributed by atoms with van der Waals surface area (Å²) in [5.74, 6) is 5.35. The number of rotatable bonds is 1. The number of hydrogen-bond acceptors (Lipinski definition) is 3. The van der Waals surface area contributed by atoms with Gasteiger partial charge in [-0.2, -0.15) is 0 Å². The lowest BCUT2D eigenvalue weighted by molar-refractivity contribution is 0.344. The van der Waals surface area contributed by atoms with Crippen molar-refractivity contribution >= 4 is 12.4 Å². The summed E-state index contributed by atoms with van der Waals surface area (Å²) in [5, 5.41) is 0. The number of halogens is 1. The Bertz CT molecular complexity index is 99.7. The van der Waals surface area contributed by atoms with Crippen molar-refractivity contribution < 1.29 is 0 Å². The summed E-state index contributed by atoms with van der Waals surface area (Å²) >= 11 is 0. The molecule has 0 saturated carbocycles. The second-order valence-corrected chi connectivity index (χ2v) is 3.10. The Morgan fingerprint density at radius 1 is 1.36 bits per heavy atom. The number of nitrogens with one attached hydrogen (secondary N) is 1. The Hall–Kier alpha value is 0.170. The molecule has 0 aliphatic carbocycles. The van der Waals surface area contributed by atoms with Crippen LogP contribution in [0.5, 0.6) is 0 Å². The highest BCUT2D eigenvalue weighted by Crippen LogP contribution is 2.07. The van der Waals surface area contributed by atoms with Gasteiger partial charge in [-0.05, 0) is 39.4 Å². The van der Waals surface area contributed by atoms with Gasteiger partial charge >= 0.3 is 0 Å². The fourth-order valence-corrected chi connectivity index (χ4v) is 1.41. The van der Waals surface area contributed by atoms with E-state index in [0.29, 0.717) is 6.04 Å². The maximum atomic E-state index is 5.35. The molecule has 0 aromatic heterocycles. The first-order valence-corrected chi connectivity index (χ1v) is 3.97. The largest absolute Gasteiger partial charge is 0.306 e. The van der Waals surface area contributed by atoms with Gasteiger partial charge in [-0.1, -0.05) is 0 Å². The third-order valence-electron chi connectivity index (χ3n) is 2.19. The van der Waals surface area contributed by atoms with E-state index in [1.54, 1.807) is 0 Å². The van der Waals surface area contributed by atoms with E-state index in [-0.39, 0.29) is 12.4 Å². The van der Waals surface area contributed by atoms with Crippen molar-refractivity contribution in [2.75, 3.05) is 20.1 Å². The maximum absolute atomic E-state index is 5.35. The lowest BCUT2D eigenvalue weighted by atomic mass is 10.1. The molecule has 1 aliphatic rings. The van der Waals surface area contributed by atoms with Gasteiger partial charge in [0.25, 0.3) is 0 Å². The molecule has 1 heterocycles. The Morgan fingerprint density at radius 2 is 2.09 bits per heavy atom. The van der Waals surface area contributed by atoms with E-state index in [1.165, 1.54) is 32.4 Å². The van der Waals surface area contributed by atoms with Gasteiger partial charge in [-0.3, -0.25) is 11.3 Å². The summed E-state index contributed by atoms with van der Waals surface area (Å²) < 4.78 is 0. The Labute approximate surface area is 74.7 Å². The summed E-state index contributed by atoms with van der Waals surface area (Å²) in [4.78, 5) is 2.36. The van der Waals surface area contributed by atoms with E-state index in [1.807, 2.05) is 0 Å². The van der Waals surface area contributed by atoms with Crippen LogP contribution in [0.2, 0.25) is 0 Å². The molecule has 0 spiro atoms. The van der Waals surface area contributed by atoms with Gasteiger partial charge in [0.15, 0.2) is 0 Å². The molecule has 0 radical (unpaired) electrons. The minimum atomic E-state index is 0. The molecule has 0 aromatic carbocycles. The summed E-state index contributed by atoms with van der Waals surface area (Å²) in [6.45, 7) is 2.40. The van der Waals surface area contributed by atoms with Gasteiger partial charge in [-0.25, -0.2) is 0 Å². The first kappa shape index (κ1) is 11.2. The predicted octanol–water partition coefficient (Wildman–Crippen LogP) is 0.356. The predicted molar refractivity (Wildman–Crippen MR) is 49.7 cm³/mol. The number of likely N-dealkylation sites (tertiary alicyclic amines) is 1. The zero-order chi connectivity index (χ0) is 7.40. The Morgan fingerprint density at radius 3 is 2.73 bits per heavy atom. The van der Waals surface area contributed by atoms with E-state index in [4.69, 9.17) is 5.84 Å². The van der Waals surface area contributed by atoms with Crippen molar-refractivity contribution in [2.45, 2.75) is 25.3 Å². The first-order chi connectivity index (χ1) is 4.83. The van der Waals surface area contributed by atoms with Crippen molar-refractivity contribution in [1.82, 2.24) is 10.3 Å². The monoisotopic (exact) mass is 179 g/mol. The molecule has 1 rings (SSSR count). The molecule has 0 aromatic rings. The second kappa shape index (κ2) is 5.77. The van der Waals surface area contributed by atoms with Gasteiger partial charge in [0.2, 0.25) is 0 Å². The quantitative estimate of drug-likeness (QED) is 0.451. The average Bonchev–Trinajstić information content (AvgIpc) is 2.14. The van der Waals surface area contributed by atoms with Crippen molar-refractivity contribution in [3.05, 3.63) is 0 Å². The zero-order valence-electron chi connectivity index (χ0n) is 7.05. The van der Waals surface area contributed by atoms with Crippen LogP contribution >= 0.6 is 12.4 Å². The van der Waals surface area contributed by atoms with Crippen LogP contribution in [0.3, 0.4) is 0 Å². The lowest BCUT2D eigenvalue weighted by Crippen LogP contribution is -2.35. The van der Waals surface area contributed by atoms with Crippen molar-refractivity contribution in [3.63, 3.8) is 0 Å². The summed E-state index contributed by atoms with van der Waals surface area (Å²) in [6, 6.07) is 0.546. The molecule has 3 nitrogen and oxygen atoms in total. The van der Waals surface area contributed by atoms with E-state index in [0.717, 1.165) is 0 Å². The number of hydrogen-bond donors (Lipinski definition) is 2. The second-order valence-electron chi connectivity index (χ2n) is 3.10. The highest BCUT2D eigenvalue weighted by atomic mass is 35.5. The number of hydrazine groups is 1. The minimum Gasteiger partial charge on any atom is -0.306 e. The molecule has 4 heteroatoms. The number of nitrogens with zero attached hydrogens (tertiary/aromatic N) is 1. The topological polar surface area (TPSA) is 41.3 Å². The Kier molecular flexibility index (Phi) is 5.86. The van der Waals surface area contributed by atoms with Crippen LogP contribution in [0.15, 0.2) is 0 Å². The fraction of sp³-hybridized carbons (Fsp3) is 1.00. The van der Waals surface area contributed by atoms with E-state index in [9.17, 15) is 0 Å². The van der Waals surface area contributed by atoms with Crippen LogP contribution in [0.25, 0.3) is 0 Å². The van der Waals surface area contributed by atoms with Gasteiger partial charge in [0, 0.05) is 6.04 Å². The smallest absolute Gasteiger partial charge is 0.0223 e. The SMILES string of the molecule is CN1CCCC(NN)CC1.Cl. The highest BCUT2D eigenvalue weighted by molar-refractivity contribution is 5.85. The van der Waals surface area contributed by atoms with Crippen LogP contribution in [0.4, 0.5) is 0 Å². The van der Waals surface area contributed by atoms with Gasteiger partial charge in [0.1, 0.15) is 0 Å². The third kappa shape index (κ3) is 3.91. The first-order valence-electron chi connectivity index (χ1n) is 3.97. The molecule has 1 fully saturated rings. The Balaban J connectivity index is 0.000001000. The molecule has 0 amide bonds. The summed E-state index contributed by atoms with van der Waals surface area (Å²) in [5.41, 5.74) is 2.84. The average molecular weight is 180 g/mol. The summed E-state index contributed by atoms with van der Waals surface area (Å²) in [6.07, 6.45) is 3.68. The van der Waals surface area contributed by atoms with Gasteiger partial charge < -0.3 is 4.90 Å². The van der Waals surface area contributed by atoms with Crippen LogP contribution in [-0.4, -0.2) is 31.1 Å². The standard InChI is InChI=1S/C7H17N3.ClH/c1-10-5-2-3-7(9-8)4-6-10;/h7,9H,2-6,8H2,1H3;1H. The van der Waals surface area contributed by atoms with Gasteiger partial charge in [0.05, 0.1) is 0 Å². The van der Waals surface area contributed by atoms with Crippen LogP contribution < -0.4 is 11.3 Å². The fourth-order valence-electron chi connectivity index (χ4n) is 1.41.